The highest BCUT2D eigenvalue weighted by Crippen LogP contribution is 2.43. The Labute approximate surface area is 236 Å². The zero-order valence-electron chi connectivity index (χ0n) is 24.1. The van der Waals surface area contributed by atoms with Crippen LogP contribution in [-0.2, 0) is 9.53 Å². The highest BCUT2D eigenvalue weighted by Gasteiger charge is 2.29. The molecule has 1 atom stereocenters. The highest BCUT2D eigenvalue weighted by atomic mass is 16.6. The van der Waals surface area contributed by atoms with Crippen molar-refractivity contribution in [3.05, 3.63) is 65.8 Å². The zero-order chi connectivity index (χ0) is 27.5. The number of carbonyl (C=O) groups excluding carboxylic acids is 1. The van der Waals surface area contributed by atoms with E-state index in [4.69, 9.17) is 14.6 Å². The topological polar surface area (TPSA) is 55.8 Å². The SMILES string of the molecule is C=C(CO)C(=O)OCCOc1ccc(C2CCC(C3C=CC(C4CCC(CCCCC)CC4)=CC3)CC2)cc1. The fourth-order valence-electron chi connectivity index (χ4n) is 6.95. The van der Waals surface area contributed by atoms with Crippen molar-refractivity contribution in [1.29, 1.82) is 0 Å². The summed E-state index contributed by atoms with van der Waals surface area (Å²) in [5, 5.41) is 8.90. The van der Waals surface area contributed by atoms with Gasteiger partial charge < -0.3 is 14.6 Å². The molecular formula is C35H50O4. The maximum atomic E-state index is 11.5. The van der Waals surface area contributed by atoms with Gasteiger partial charge in [-0.25, -0.2) is 4.79 Å². The van der Waals surface area contributed by atoms with Gasteiger partial charge in [0.25, 0.3) is 0 Å². The summed E-state index contributed by atoms with van der Waals surface area (Å²) < 4.78 is 10.7. The fourth-order valence-corrected chi connectivity index (χ4v) is 6.95. The van der Waals surface area contributed by atoms with Crippen molar-refractivity contribution in [3.8, 4) is 5.75 Å². The molecule has 0 aromatic heterocycles. The molecule has 1 aromatic carbocycles. The largest absolute Gasteiger partial charge is 0.490 e. The van der Waals surface area contributed by atoms with Gasteiger partial charge in [-0.05, 0) is 111 Å². The summed E-state index contributed by atoms with van der Waals surface area (Å²) in [5.41, 5.74) is 3.10. The minimum Gasteiger partial charge on any atom is -0.490 e. The second-order valence-electron chi connectivity index (χ2n) is 12.1. The third-order valence-electron chi connectivity index (χ3n) is 9.49. The number of allylic oxidation sites excluding steroid dienone is 4. The molecule has 2 saturated carbocycles. The third kappa shape index (κ3) is 8.83. The number of carbonyl (C=O) groups is 1. The van der Waals surface area contributed by atoms with Gasteiger partial charge in [0, 0.05) is 0 Å². The molecule has 0 heterocycles. The number of unbranched alkanes of at least 4 members (excludes halogenated alkanes) is 2. The summed E-state index contributed by atoms with van der Waals surface area (Å²) >= 11 is 0. The normalized spacial score (nSPS) is 27.0. The lowest BCUT2D eigenvalue weighted by Gasteiger charge is -2.35. The second kappa shape index (κ2) is 15.5. The van der Waals surface area contributed by atoms with E-state index in [0.29, 0.717) is 5.92 Å². The van der Waals surface area contributed by atoms with E-state index < -0.39 is 12.6 Å². The molecule has 3 aliphatic rings. The first-order valence-electron chi connectivity index (χ1n) is 15.6. The van der Waals surface area contributed by atoms with Gasteiger partial charge in [-0.2, -0.15) is 0 Å². The van der Waals surface area contributed by atoms with Gasteiger partial charge in [0.1, 0.15) is 19.0 Å². The fraction of sp³-hybridized carbons (Fsp3) is 0.629. The van der Waals surface area contributed by atoms with Crippen molar-refractivity contribution in [2.45, 2.75) is 96.3 Å². The molecule has 0 aliphatic heterocycles. The van der Waals surface area contributed by atoms with Crippen LogP contribution in [0.3, 0.4) is 0 Å². The molecule has 1 aromatic rings. The van der Waals surface area contributed by atoms with Crippen LogP contribution in [0, 0.1) is 23.7 Å². The number of aliphatic hydroxyl groups is 1. The summed E-state index contributed by atoms with van der Waals surface area (Å²) in [6.45, 7) is 5.78. The zero-order valence-corrected chi connectivity index (χ0v) is 24.1. The van der Waals surface area contributed by atoms with E-state index in [1.807, 2.05) is 12.1 Å². The van der Waals surface area contributed by atoms with Gasteiger partial charge >= 0.3 is 5.97 Å². The van der Waals surface area contributed by atoms with E-state index in [2.05, 4.69) is 43.9 Å². The Morgan fingerprint density at radius 3 is 2.31 bits per heavy atom. The predicted octanol–water partition coefficient (Wildman–Crippen LogP) is 8.32. The van der Waals surface area contributed by atoms with Gasteiger partial charge in [0.2, 0.25) is 0 Å². The minimum atomic E-state index is -0.581. The van der Waals surface area contributed by atoms with Crippen LogP contribution in [0.1, 0.15) is 102 Å². The molecule has 1 N–H and O–H groups in total. The molecule has 0 radical (unpaired) electrons. The average molecular weight is 535 g/mol. The number of hydrogen-bond donors (Lipinski definition) is 1. The Morgan fingerprint density at radius 2 is 1.67 bits per heavy atom. The van der Waals surface area contributed by atoms with Crippen LogP contribution in [0.2, 0.25) is 0 Å². The monoisotopic (exact) mass is 534 g/mol. The van der Waals surface area contributed by atoms with E-state index in [0.717, 1.165) is 29.4 Å². The van der Waals surface area contributed by atoms with Gasteiger partial charge in [-0.3, -0.25) is 0 Å². The Bertz CT molecular complexity index is 959. The minimum absolute atomic E-state index is 0.0559. The van der Waals surface area contributed by atoms with E-state index in [1.54, 1.807) is 5.57 Å². The second-order valence-corrected chi connectivity index (χ2v) is 12.1. The van der Waals surface area contributed by atoms with Crippen LogP contribution in [0.15, 0.2) is 60.2 Å². The third-order valence-corrected chi connectivity index (χ3v) is 9.49. The van der Waals surface area contributed by atoms with Gasteiger partial charge in [-0.15, -0.1) is 0 Å². The molecule has 0 amide bonds. The van der Waals surface area contributed by atoms with Crippen LogP contribution in [0.25, 0.3) is 0 Å². The Balaban J connectivity index is 1.14. The van der Waals surface area contributed by atoms with Gasteiger partial charge in [0.15, 0.2) is 0 Å². The van der Waals surface area contributed by atoms with E-state index in [-0.39, 0.29) is 18.8 Å². The summed E-state index contributed by atoms with van der Waals surface area (Å²) in [5.74, 6) is 4.17. The number of benzene rings is 1. The van der Waals surface area contributed by atoms with E-state index in [9.17, 15) is 4.79 Å². The van der Waals surface area contributed by atoms with Crippen molar-refractivity contribution in [1.82, 2.24) is 0 Å². The van der Waals surface area contributed by atoms with Crippen LogP contribution >= 0.6 is 0 Å². The molecule has 4 heteroatoms. The van der Waals surface area contributed by atoms with Gasteiger partial charge in [-0.1, -0.05) is 69.5 Å². The molecule has 0 bridgehead atoms. The van der Waals surface area contributed by atoms with Crippen molar-refractivity contribution < 1.29 is 19.4 Å². The first kappa shape index (κ1) is 29.6. The molecule has 0 spiro atoms. The number of ether oxygens (including phenoxy) is 2. The smallest absolute Gasteiger partial charge is 0.335 e. The Hall–Kier alpha value is -2.33. The van der Waals surface area contributed by atoms with Crippen LogP contribution in [0.4, 0.5) is 0 Å². The quantitative estimate of drug-likeness (QED) is 0.157. The number of aliphatic hydroxyl groups excluding tert-OH is 1. The summed E-state index contributed by atoms with van der Waals surface area (Å²) in [4.78, 5) is 11.5. The highest BCUT2D eigenvalue weighted by molar-refractivity contribution is 5.87. The van der Waals surface area contributed by atoms with Crippen molar-refractivity contribution in [2.24, 2.45) is 23.7 Å². The first-order chi connectivity index (χ1) is 19.1. The summed E-state index contributed by atoms with van der Waals surface area (Å²) in [6.07, 6.45) is 25.4. The maximum absolute atomic E-state index is 11.5. The molecular weight excluding hydrogens is 484 g/mol. The molecule has 214 valence electrons. The molecule has 0 saturated heterocycles. The average Bonchev–Trinajstić information content (AvgIpc) is 3.00. The van der Waals surface area contributed by atoms with Crippen molar-refractivity contribution in [3.63, 3.8) is 0 Å². The van der Waals surface area contributed by atoms with Crippen LogP contribution in [-0.4, -0.2) is 30.9 Å². The number of hydrogen-bond acceptors (Lipinski definition) is 4. The van der Waals surface area contributed by atoms with E-state index in [1.165, 1.54) is 89.0 Å². The maximum Gasteiger partial charge on any atom is 0.335 e. The molecule has 1 unspecified atom stereocenters. The number of esters is 1. The van der Waals surface area contributed by atoms with Crippen molar-refractivity contribution >= 4 is 5.97 Å². The lowest BCUT2D eigenvalue weighted by atomic mass is 9.70. The number of rotatable bonds is 13. The Kier molecular flexibility index (Phi) is 11.7. The molecule has 3 aliphatic carbocycles. The van der Waals surface area contributed by atoms with Crippen LogP contribution in [0.5, 0.6) is 5.75 Å². The first-order valence-corrected chi connectivity index (χ1v) is 15.6. The summed E-state index contributed by atoms with van der Waals surface area (Å²) in [7, 11) is 0. The van der Waals surface area contributed by atoms with Gasteiger partial charge in [0.05, 0.1) is 12.2 Å². The molecule has 4 rings (SSSR count). The Morgan fingerprint density at radius 1 is 0.949 bits per heavy atom. The van der Waals surface area contributed by atoms with E-state index >= 15 is 0 Å². The van der Waals surface area contributed by atoms with Crippen molar-refractivity contribution in [2.75, 3.05) is 19.8 Å². The lowest BCUT2D eigenvalue weighted by molar-refractivity contribution is -0.140. The molecule has 39 heavy (non-hydrogen) atoms. The summed E-state index contributed by atoms with van der Waals surface area (Å²) in [6, 6.07) is 8.41. The standard InChI is InChI=1S/C35H50O4/c1-3-4-5-6-27-7-9-28(10-8-27)29-11-13-30(14-12-29)31-15-17-32(18-16-31)33-19-21-34(22-20-33)38-23-24-39-35(37)26(2)25-36/h11-13,19-22,27-28,30-32,36H,2-10,14-18,23-25H2,1H3. The molecule has 2 fully saturated rings. The lowest BCUT2D eigenvalue weighted by Crippen LogP contribution is -2.22. The molecule has 4 nitrogen and oxygen atoms in total. The van der Waals surface area contributed by atoms with Crippen LogP contribution < -0.4 is 4.74 Å². The predicted molar refractivity (Wildman–Crippen MR) is 159 cm³/mol.